The van der Waals surface area contributed by atoms with Gasteiger partial charge in [-0.1, -0.05) is 0 Å². The predicted molar refractivity (Wildman–Crippen MR) is 70.0 cm³/mol. The number of phenols is 1. The molecule has 1 aromatic carbocycles. The van der Waals surface area contributed by atoms with Crippen molar-refractivity contribution >= 4 is 12.4 Å². The normalized spacial score (nSPS) is 18.9. The standard InChI is InChI=1S/C12H17NO4.ClH/c1-15-8-5-10(14)12(11(6-8)16-2)9-7-17-4-3-13-9;/h5-6,9,13-14H,3-4,7H2,1-2H3;1H/t9-;/m0./s1. The number of morpholine rings is 1. The number of halogens is 1. The topological polar surface area (TPSA) is 60.0 Å². The van der Waals surface area contributed by atoms with E-state index in [-0.39, 0.29) is 24.2 Å². The Balaban J connectivity index is 0.00000162. The summed E-state index contributed by atoms with van der Waals surface area (Å²) in [6, 6.07) is 3.28. The van der Waals surface area contributed by atoms with Crippen LogP contribution in [0.15, 0.2) is 12.1 Å². The molecule has 2 N–H and O–H groups in total. The molecule has 0 radical (unpaired) electrons. The molecule has 1 saturated heterocycles. The van der Waals surface area contributed by atoms with Gasteiger partial charge in [-0.3, -0.25) is 0 Å². The summed E-state index contributed by atoms with van der Waals surface area (Å²) in [5.41, 5.74) is 0.716. The average molecular weight is 276 g/mol. The first kappa shape index (κ1) is 14.9. The Labute approximate surface area is 112 Å². The van der Waals surface area contributed by atoms with Crippen molar-refractivity contribution in [1.29, 1.82) is 0 Å². The van der Waals surface area contributed by atoms with E-state index in [2.05, 4.69) is 5.32 Å². The number of ether oxygens (including phenoxy) is 3. The van der Waals surface area contributed by atoms with Crippen molar-refractivity contribution in [2.75, 3.05) is 34.0 Å². The molecule has 0 amide bonds. The first-order valence-corrected chi connectivity index (χ1v) is 5.52. The van der Waals surface area contributed by atoms with Crippen molar-refractivity contribution in [1.82, 2.24) is 5.32 Å². The maximum absolute atomic E-state index is 10.0. The fourth-order valence-corrected chi connectivity index (χ4v) is 1.98. The molecule has 1 atom stereocenters. The van der Waals surface area contributed by atoms with E-state index >= 15 is 0 Å². The van der Waals surface area contributed by atoms with Crippen LogP contribution in [0, 0.1) is 0 Å². The van der Waals surface area contributed by atoms with Gasteiger partial charge in [-0.05, 0) is 0 Å². The third kappa shape index (κ3) is 2.98. The van der Waals surface area contributed by atoms with Crippen LogP contribution in [0.5, 0.6) is 17.2 Å². The van der Waals surface area contributed by atoms with Gasteiger partial charge in [0.05, 0.1) is 39.0 Å². The number of hydrogen-bond donors (Lipinski definition) is 2. The maximum atomic E-state index is 10.0. The van der Waals surface area contributed by atoms with Gasteiger partial charge < -0.3 is 24.6 Å². The number of methoxy groups -OCH3 is 2. The zero-order valence-corrected chi connectivity index (χ0v) is 11.3. The third-order valence-corrected chi connectivity index (χ3v) is 2.82. The molecule has 102 valence electrons. The predicted octanol–water partition coefficient (Wildman–Crippen LogP) is 1.49. The molecule has 5 nitrogen and oxygen atoms in total. The van der Waals surface area contributed by atoms with Gasteiger partial charge in [-0.25, -0.2) is 0 Å². The molecule has 18 heavy (non-hydrogen) atoms. The van der Waals surface area contributed by atoms with Gasteiger partial charge in [-0.15, -0.1) is 12.4 Å². The lowest BCUT2D eigenvalue weighted by Crippen LogP contribution is -2.34. The number of benzene rings is 1. The second-order valence-corrected chi connectivity index (χ2v) is 3.84. The lowest BCUT2D eigenvalue weighted by molar-refractivity contribution is 0.0752. The van der Waals surface area contributed by atoms with E-state index in [0.29, 0.717) is 30.3 Å². The smallest absolute Gasteiger partial charge is 0.131 e. The highest BCUT2D eigenvalue weighted by atomic mass is 35.5. The van der Waals surface area contributed by atoms with E-state index in [1.807, 2.05) is 0 Å². The molecule has 1 aliphatic rings. The molecule has 0 spiro atoms. The van der Waals surface area contributed by atoms with Crippen molar-refractivity contribution in [3.8, 4) is 17.2 Å². The summed E-state index contributed by atoms with van der Waals surface area (Å²) in [7, 11) is 3.12. The largest absolute Gasteiger partial charge is 0.507 e. The molecule has 0 aliphatic carbocycles. The molecule has 6 heteroatoms. The third-order valence-electron chi connectivity index (χ3n) is 2.82. The number of nitrogens with one attached hydrogen (secondary N) is 1. The summed E-state index contributed by atoms with van der Waals surface area (Å²) in [5.74, 6) is 1.33. The van der Waals surface area contributed by atoms with Crippen molar-refractivity contribution in [3.63, 3.8) is 0 Å². The van der Waals surface area contributed by atoms with Crippen molar-refractivity contribution in [3.05, 3.63) is 17.7 Å². The van der Waals surface area contributed by atoms with Crippen molar-refractivity contribution in [2.45, 2.75) is 6.04 Å². The average Bonchev–Trinajstić information content (AvgIpc) is 2.38. The number of aromatic hydroxyl groups is 1. The van der Waals surface area contributed by atoms with Crippen LogP contribution in [0.2, 0.25) is 0 Å². The minimum Gasteiger partial charge on any atom is -0.507 e. The van der Waals surface area contributed by atoms with E-state index in [4.69, 9.17) is 14.2 Å². The molecular formula is C12H18ClNO4. The van der Waals surface area contributed by atoms with E-state index < -0.39 is 0 Å². The van der Waals surface area contributed by atoms with E-state index in [9.17, 15) is 5.11 Å². The minimum absolute atomic E-state index is 0. The Bertz CT molecular complexity index is 394. The van der Waals surface area contributed by atoms with Gasteiger partial charge in [-0.2, -0.15) is 0 Å². The summed E-state index contributed by atoms with van der Waals surface area (Å²) >= 11 is 0. The van der Waals surface area contributed by atoms with Crippen LogP contribution in [-0.2, 0) is 4.74 Å². The molecule has 1 heterocycles. The van der Waals surface area contributed by atoms with Crippen molar-refractivity contribution < 1.29 is 19.3 Å². The molecule has 1 aliphatic heterocycles. The second kappa shape index (κ2) is 6.68. The van der Waals surface area contributed by atoms with Crippen LogP contribution >= 0.6 is 12.4 Å². The van der Waals surface area contributed by atoms with E-state index in [0.717, 1.165) is 6.54 Å². The highest BCUT2D eigenvalue weighted by molar-refractivity contribution is 5.85. The zero-order valence-electron chi connectivity index (χ0n) is 10.4. The molecule has 2 rings (SSSR count). The molecule has 1 fully saturated rings. The highest BCUT2D eigenvalue weighted by Gasteiger charge is 2.23. The maximum Gasteiger partial charge on any atom is 0.131 e. The van der Waals surface area contributed by atoms with Crippen LogP contribution in [0.4, 0.5) is 0 Å². The fraction of sp³-hybridized carbons (Fsp3) is 0.500. The first-order valence-electron chi connectivity index (χ1n) is 5.52. The molecule has 0 bridgehead atoms. The van der Waals surface area contributed by atoms with Gasteiger partial charge >= 0.3 is 0 Å². The van der Waals surface area contributed by atoms with Gasteiger partial charge in [0.25, 0.3) is 0 Å². The lowest BCUT2D eigenvalue weighted by Gasteiger charge is -2.26. The van der Waals surface area contributed by atoms with E-state index in [1.165, 1.54) is 0 Å². The SMILES string of the molecule is COc1cc(O)c([C@@H]2COCCN2)c(OC)c1.Cl. The van der Waals surface area contributed by atoms with E-state index in [1.54, 1.807) is 26.4 Å². The van der Waals surface area contributed by atoms with Crippen LogP contribution < -0.4 is 14.8 Å². The summed E-state index contributed by atoms with van der Waals surface area (Å²) in [6.45, 7) is 1.98. The summed E-state index contributed by atoms with van der Waals surface area (Å²) in [5, 5.41) is 13.3. The number of hydrogen-bond acceptors (Lipinski definition) is 5. The number of rotatable bonds is 3. The Morgan fingerprint density at radius 2 is 2.11 bits per heavy atom. The Morgan fingerprint density at radius 3 is 2.67 bits per heavy atom. The van der Waals surface area contributed by atoms with Crippen LogP contribution in [0.1, 0.15) is 11.6 Å². The van der Waals surface area contributed by atoms with Crippen LogP contribution in [0.3, 0.4) is 0 Å². The molecule has 1 aromatic rings. The summed E-state index contributed by atoms with van der Waals surface area (Å²) in [6.07, 6.45) is 0. The van der Waals surface area contributed by atoms with Gasteiger partial charge in [0.15, 0.2) is 0 Å². The minimum atomic E-state index is -0.0513. The Morgan fingerprint density at radius 1 is 1.33 bits per heavy atom. The first-order chi connectivity index (χ1) is 8.26. The van der Waals surface area contributed by atoms with Gasteiger partial charge in [0.1, 0.15) is 17.2 Å². The molecular weight excluding hydrogens is 258 g/mol. The summed E-state index contributed by atoms with van der Waals surface area (Å²) < 4.78 is 15.8. The molecule has 0 unspecified atom stereocenters. The molecule has 0 aromatic heterocycles. The Kier molecular flexibility index (Phi) is 5.53. The van der Waals surface area contributed by atoms with Gasteiger partial charge in [0, 0.05) is 18.7 Å². The lowest BCUT2D eigenvalue weighted by atomic mass is 10.0. The van der Waals surface area contributed by atoms with Crippen molar-refractivity contribution in [2.24, 2.45) is 0 Å². The van der Waals surface area contributed by atoms with Crippen LogP contribution in [-0.4, -0.2) is 39.1 Å². The zero-order chi connectivity index (χ0) is 12.3. The Hall–Kier alpha value is -1.17. The second-order valence-electron chi connectivity index (χ2n) is 3.84. The molecule has 0 saturated carbocycles. The highest BCUT2D eigenvalue weighted by Crippen LogP contribution is 2.38. The fourth-order valence-electron chi connectivity index (χ4n) is 1.98. The van der Waals surface area contributed by atoms with Gasteiger partial charge in [0.2, 0.25) is 0 Å². The van der Waals surface area contributed by atoms with Crippen LogP contribution in [0.25, 0.3) is 0 Å². The number of phenolic OH excluding ortho intramolecular Hbond substituents is 1. The monoisotopic (exact) mass is 275 g/mol. The quantitative estimate of drug-likeness (QED) is 0.875. The summed E-state index contributed by atoms with van der Waals surface area (Å²) in [4.78, 5) is 0.